The highest BCUT2D eigenvalue weighted by Gasteiger charge is 1.99. The Morgan fingerprint density at radius 3 is 2.58 bits per heavy atom. The standard InChI is InChI=1S/C11H13N/c1-3-9-12-11-8-6-5-7-10(11)4-2/h3-9H,1-2H3/b9-3-,10-4-,12-11-. The smallest absolute Gasteiger partial charge is 0.0698 e. The maximum Gasteiger partial charge on any atom is 0.0698 e. The van der Waals surface area contributed by atoms with Crippen LogP contribution in [-0.2, 0) is 0 Å². The second-order valence-electron chi connectivity index (χ2n) is 2.46. The van der Waals surface area contributed by atoms with Gasteiger partial charge in [0.25, 0.3) is 0 Å². The van der Waals surface area contributed by atoms with Crippen LogP contribution in [0.15, 0.2) is 53.2 Å². The number of hydrogen-bond acceptors (Lipinski definition) is 1. The van der Waals surface area contributed by atoms with E-state index in [4.69, 9.17) is 0 Å². The SMILES string of the molecule is C\C=C/N=C1/C=CC=C/C1=C/C. The fraction of sp³-hybridized carbons (Fsp3) is 0.182. The molecule has 0 aromatic rings. The molecule has 1 heteroatoms. The molecule has 1 aliphatic carbocycles. The van der Waals surface area contributed by atoms with Crippen molar-refractivity contribution in [3.05, 3.63) is 48.2 Å². The van der Waals surface area contributed by atoms with Crippen LogP contribution in [0.25, 0.3) is 0 Å². The van der Waals surface area contributed by atoms with E-state index in [1.165, 1.54) is 5.57 Å². The zero-order valence-electron chi connectivity index (χ0n) is 7.49. The normalized spacial score (nSPS) is 23.2. The summed E-state index contributed by atoms with van der Waals surface area (Å²) in [6, 6.07) is 0. The molecule has 1 nitrogen and oxygen atoms in total. The summed E-state index contributed by atoms with van der Waals surface area (Å²) in [6.45, 7) is 3.98. The Labute approximate surface area is 73.5 Å². The highest BCUT2D eigenvalue weighted by atomic mass is 14.7. The van der Waals surface area contributed by atoms with Crippen LogP contribution < -0.4 is 0 Å². The minimum Gasteiger partial charge on any atom is -0.257 e. The monoisotopic (exact) mass is 159 g/mol. The molecule has 0 bridgehead atoms. The number of aliphatic imine (C=N–C) groups is 1. The molecule has 0 radical (unpaired) electrons. The van der Waals surface area contributed by atoms with Gasteiger partial charge in [0, 0.05) is 6.20 Å². The van der Waals surface area contributed by atoms with Crippen LogP contribution in [0.4, 0.5) is 0 Å². The predicted octanol–water partition coefficient (Wildman–Crippen LogP) is 3.03. The molecule has 0 unspecified atom stereocenters. The Morgan fingerprint density at radius 1 is 1.17 bits per heavy atom. The molecule has 0 saturated carbocycles. The summed E-state index contributed by atoms with van der Waals surface area (Å²) in [5.41, 5.74) is 2.20. The summed E-state index contributed by atoms with van der Waals surface area (Å²) in [7, 11) is 0. The Hall–Kier alpha value is -1.37. The molecule has 62 valence electrons. The highest BCUT2D eigenvalue weighted by molar-refractivity contribution is 6.11. The third-order valence-electron chi connectivity index (χ3n) is 1.61. The first kappa shape index (κ1) is 8.72. The number of hydrogen-bond donors (Lipinski definition) is 0. The van der Waals surface area contributed by atoms with Gasteiger partial charge in [-0.2, -0.15) is 0 Å². The molecule has 0 saturated heterocycles. The lowest BCUT2D eigenvalue weighted by atomic mass is 10.1. The lowest BCUT2D eigenvalue weighted by Crippen LogP contribution is -1.98. The zero-order valence-corrected chi connectivity index (χ0v) is 7.49. The van der Waals surface area contributed by atoms with Gasteiger partial charge in [-0.05, 0) is 25.5 Å². The summed E-state index contributed by atoms with van der Waals surface area (Å²) < 4.78 is 0. The predicted molar refractivity (Wildman–Crippen MR) is 54.3 cm³/mol. The molecule has 0 aromatic carbocycles. The van der Waals surface area contributed by atoms with Gasteiger partial charge in [0.1, 0.15) is 0 Å². The first-order valence-corrected chi connectivity index (χ1v) is 4.09. The van der Waals surface area contributed by atoms with Gasteiger partial charge in [-0.3, -0.25) is 4.99 Å². The van der Waals surface area contributed by atoms with Gasteiger partial charge < -0.3 is 0 Å². The van der Waals surface area contributed by atoms with E-state index >= 15 is 0 Å². The highest BCUT2D eigenvalue weighted by Crippen LogP contribution is 2.07. The van der Waals surface area contributed by atoms with E-state index < -0.39 is 0 Å². The van der Waals surface area contributed by atoms with Crippen LogP contribution in [0, 0.1) is 0 Å². The van der Waals surface area contributed by atoms with Crippen LogP contribution in [0.3, 0.4) is 0 Å². The van der Waals surface area contributed by atoms with Crippen LogP contribution in [0.1, 0.15) is 13.8 Å². The molecule has 12 heavy (non-hydrogen) atoms. The van der Waals surface area contributed by atoms with Crippen LogP contribution >= 0.6 is 0 Å². The zero-order chi connectivity index (χ0) is 8.81. The fourth-order valence-corrected chi connectivity index (χ4v) is 1.00. The van der Waals surface area contributed by atoms with E-state index in [1.54, 1.807) is 0 Å². The first-order valence-electron chi connectivity index (χ1n) is 4.09. The van der Waals surface area contributed by atoms with Gasteiger partial charge in [0.2, 0.25) is 0 Å². The maximum atomic E-state index is 4.28. The van der Waals surface area contributed by atoms with Gasteiger partial charge in [0.05, 0.1) is 5.71 Å². The van der Waals surface area contributed by atoms with Crippen molar-refractivity contribution in [2.24, 2.45) is 4.99 Å². The number of allylic oxidation sites excluding steroid dienone is 7. The maximum absolute atomic E-state index is 4.28. The van der Waals surface area contributed by atoms with Gasteiger partial charge in [-0.15, -0.1) is 0 Å². The largest absolute Gasteiger partial charge is 0.257 e. The molecule has 0 amide bonds. The Kier molecular flexibility index (Phi) is 3.27. The van der Waals surface area contributed by atoms with Crippen molar-refractivity contribution in [3.63, 3.8) is 0 Å². The van der Waals surface area contributed by atoms with Crippen LogP contribution in [0.5, 0.6) is 0 Å². The summed E-state index contributed by atoms with van der Waals surface area (Å²) >= 11 is 0. The molecule has 0 aliphatic heterocycles. The molecular weight excluding hydrogens is 146 g/mol. The Morgan fingerprint density at radius 2 is 1.92 bits per heavy atom. The molecule has 0 heterocycles. The Balaban J connectivity index is 2.90. The third-order valence-corrected chi connectivity index (χ3v) is 1.61. The fourth-order valence-electron chi connectivity index (χ4n) is 1.00. The van der Waals surface area contributed by atoms with Gasteiger partial charge in [0.15, 0.2) is 0 Å². The van der Waals surface area contributed by atoms with Crippen molar-refractivity contribution >= 4 is 5.71 Å². The third kappa shape index (κ3) is 2.06. The van der Waals surface area contributed by atoms with Gasteiger partial charge in [-0.25, -0.2) is 0 Å². The van der Waals surface area contributed by atoms with Gasteiger partial charge >= 0.3 is 0 Å². The summed E-state index contributed by atoms with van der Waals surface area (Å²) in [5, 5.41) is 0. The van der Waals surface area contributed by atoms with E-state index in [-0.39, 0.29) is 0 Å². The topological polar surface area (TPSA) is 12.4 Å². The minimum absolute atomic E-state index is 1.03. The van der Waals surface area contributed by atoms with Crippen LogP contribution in [-0.4, -0.2) is 5.71 Å². The average molecular weight is 159 g/mol. The molecule has 0 aromatic heterocycles. The quantitative estimate of drug-likeness (QED) is 0.557. The first-order chi connectivity index (χ1) is 5.88. The van der Waals surface area contributed by atoms with Crippen LogP contribution in [0.2, 0.25) is 0 Å². The molecule has 0 spiro atoms. The van der Waals surface area contributed by atoms with Crippen molar-refractivity contribution in [2.45, 2.75) is 13.8 Å². The van der Waals surface area contributed by atoms with Crippen molar-refractivity contribution in [3.8, 4) is 0 Å². The number of rotatable bonds is 1. The van der Waals surface area contributed by atoms with E-state index in [2.05, 4.69) is 17.1 Å². The number of nitrogens with zero attached hydrogens (tertiary/aromatic N) is 1. The molecule has 0 atom stereocenters. The molecule has 1 aliphatic rings. The van der Waals surface area contributed by atoms with Gasteiger partial charge in [-0.1, -0.05) is 30.4 Å². The average Bonchev–Trinajstić information content (AvgIpc) is 2.15. The van der Waals surface area contributed by atoms with Crippen molar-refractivity contribution in [1.29, 1.82) is 0 Å². The second kappa shape index (κ2) is 4.50. The molecule has 0 N–H and O–H groups in total. The van der Waals surface area contributed by atoms with E-state index in [9.17, 15) is 0 Å². The minimum atomic E-state index is 1.03. The van der Waals surface area contributed by atoms with Crippen molar-refractivity contribution < 1.29 is 0 Å². The second-order valence-corrected chi connectivity index (χ2v) is 2.46. The van der Waals surface area contributed by atoms with E-state index in [1.807, 2.05) is 44.4 Å². The van der Waals surface area contributed by atoms with Crippen molar-refractivity contribution in [1.82, 2.24) is 0 Å². The van der Waals surface area contributed by atoms with E-state index in [0.29, 0.717) is 0 Å². The summed E-state index contributed by atoms with van der Waals surface area (Å²) in [6.07, 6.45) is 13.9. The lowest BCUT2D eigenvalue weighted by molar-refractivity contribution is 1.49. The van der Waals surface area contributed by atoms with Crippen molar-refractivity contribution in [2.75, 3.05) is 0 Å². The molecule has 0 fully saturated rings. The Bertz CT molecular complexity index is 288. The summed E-state index contributed by atoms with van der Waals surface area (Å²) in [5.74, 6) is 0. The van der Waals surface area contributed by atoms with E-state index in [0.717, 1.165) is 5.71 Å². The molecule has 1 rings (SSSR count). The molecular formula is C11H13N. The lowest BCUT2D eigenvalue weighted by Gasteiger charge is -2.03. The summed E-state index contributed by atoms with van der Waals surface area (Å²) in [4.78, 5) is 4.28.